The summed E-state index contributed by atoms with van der Waals surface area (Å²) < 4.78 is 1.99. The van der Waals surface area contributed by atoms with E-state index in [9.17, 15) is 4.79 Å². The average Bonchev–Trinajstić information content (AvgIpc) is 2.82. The van der Waals surface area contributed by atoms with Crippen LogP contribution in [0.4, 0.5) is 5.69 Å². The van der Waals surface area contributed by atoms with Crippen LogP contribution in [0.2, 0.25) is 0 Å². The Balaban J connectivity index is 1.69. The minimum atomic E-state index is 0.00127. The van der Waals surface area contributed by atoms with Gasteiger partial charge in [-0.15, -0.1) is 0 Å². The van der Waals surface area contributed by atoms with Crippen molar-refractivity contribution >= 4 is 11.6 Å². The Morgan fingerprint density at radius 2 is 2.20 bits per heavy atom. The Kier molecular flexibility index (Phi) is 3.54. The van der Waals surface area contributed by atoms with Gasteiger partial charge >= 0.3 is 0 Å². The number of aryl methyl sites for hydroxylation is 2. The van der Waals surface area contributed by atoms with Crippen molar-refractivity contribution < 1.29 is 4.79 Å². The third-order valence-electron chi connectivity index (χ3n) is 3.73. The van der Waals surface area contributed by atoms with E-state index < -0.39 is 0 Å². The first kappa shape index (κ1) is 12.9. The van der Waals surface area contributed by atoms with Crippen molar-refractivity contribution in [2.24, 2.45) is 0 Å². The Morgan fingerprint density at radius 1 is 1.35 bits per heavy atom. The lowest BCUT2D eigenvalue weighted by Crippen LogP contribution is -2.20. The van der Waals surface area contributed by atoms with Crippen LogP contribution in [0, 0.1) is 6.92 Å². The molecular formula is C16H19N3O. The van der Waals surface area contributed by atoms with Crippen molar-refractivity contribution in [3.63, 3.8) is 0 Å². The highest BCUT2D eigenvalue weighted by Crippen LogP contribution is 2.19. The zero-order valence-corrected chi connectivity index (χ0v) is 11.7. The number of hydrogen-bond donors (Lipinski definition) is 1. The molecule has 4 nitrogen and oxygen atoms in total. The molecule has 0 spiro atoms. The van der Waals surface area contributed by atoms with Crippen molar-refractivity contribution in [1.82, 2.24) is 9.55 Å². The number of aromatic nitrogens is 2. The zero-order valence-electron chi connectivity index (χ0n) is 11.7. The molecule has 1 N–H and O–H groups in total. The molecule has 0 saturated carbocycles. The van der Waals surface area contributed by atoms with Crippen LogP contribution >= 0.6 is 0 Å². The average molecular weight is 269 g/mol. The number of hydrogen-bond acceptors (Lipinski definition) is 2. The summed E-state index contributed by atoms with van der Waals surface area (Å²) in [5.74, 6) is 0.00127. The fourth-order valence-electron chi connectivity index (χ4n) is 2.75. The Bertz CT molecular complexity index is 630. The molecule has 20 heavy (non-hydrogen) atoms. The van der Waals surface area contributed by atoms with Gasteiger partial charge in [0.25, 0.3) is 0 Å². The third-order valence-corrected chi connectivity index (χ3v) is 3.73. The predicted octanol–water partition coefficient (Wildman–Crippen LogP) is 2.71. The van der Waals surface area contributed by atoms with Gasteiger partial charge in [-0.3, -0.25) is 4.79 Å². The van der Waals surface area contributed by atoms with Crippen LogP contribution in [0.5, 0.6) is 0 Å². The van der Waals surface area contributed by atoms with Gasteiger partial charge in [0.05, 0.1) is 12.0 Å². The minimum Gasteiger partial charge on any atom is -0.325 e. The Labute approximate surface area is 118 Å². The summed E-state index contributed by atoms with van der Waals surface area (Å²) in [6, 6.07) is 7.85. The fraction of sp³-hybridized carbons (Fsp3) is 0.375. The number of nitrogens with one attached hydrogen (secondary N) is 1. The summed E-state index contributed by atoms with van der Waals surface area (Å²) in [7, 11) is 0. The molecule has 1 heterocycles. The summed E-state index contributed by atoms with van der Waals surface area (Å²) in [4.78, 5) is 16.5. The van der Waals surface area contributed by atoms with Crippen LogP contribution in [0.3, 0.4) is 0 Å². The minimum absolute atomic E-state index is 0.00127. The van der Waals surface area contributed by atoms with Gasteiger partial charge in [-0.1, -0.05) is 12.1 Å². The predicted molar refractivity (Wildman–Crippen MR) is 78.7 cm³/mol. The molecule has 0 fully saturated rings. The van der Waals surface area contributed by atoms with E-state index in [0.29, 0.717) is 6.54 Å². The van der Waals surface area contributed by atoms with Gasteiger partial charge in [-0.2, -0.15) is 0 Å². The van der Waals surface area contributed by atoms with Crippen LogP contribution in [-0.4, -0.2) is 15.5 Å². The smallest absolute Gasteiger partial charge is 0.244 e. The number of fused-ring (bicyclic) bond motifs is 1. The highest BCUT2D eigenvalue weighted by atomic mass is 16.1. The first-order valence-electron chi connectivity index (χ1n) is 7.12. The second kappa shape index (κ2) is 5.49. The normalized spacial score (nSPS) is 13.8. The van der Waals surface area contributed by atoms with E-state index in [0.717, 1.165) is 24.1 Å². The van der Waals surface area contributed by atoms with Gasteiger partial charge in [0.1, 0.15) is 6.54 Å². The molecule has 1 amide bonds. The molecule has 0 aliphatic heterocycles. The van der Waals surface area contributed by atoms with Crippen LogP contribution in [0.15, 0.2) is 30.6 Å². The molecule has 0 atom stereocenters. The maximum absolute atomic E-state index is 12.1. The largest absolute Gasteiger partial charge is 0.325 e. The Morgan fingerprint density at radius 3 is 3.05 bits per heavy atom. The van der Waals surface area contributed by atoms with Crippen LogP contribution in [0.25, 0.3) is 0 Å². The highest BCUT2D eigenvalue weighted by molar-refractivity contribution is 5.90. The molecule has 1 aromatic heterocycles. The van der Waals surface area contributed by atoms with Crippen LogP contribution in [-0.2, 0) is 24.2 Å². The Hall–Kier alpha value is -2.10. The monoisotopic (exact) mass is 269 g/mol. The number of rotatable bonds is 3. The molecule has 1 aliphatic carbocycles. The van der Waals surface area contributed by atoms with E-state index in [1.54, 1.807) is 6.33 Å². The number of imidazole rings is 1. The molecule has 3 rings (SSSR count). The summed E-state index contributed by atoms with van der Waals surface area (Å²) in [5.41, 5.74) is 4.39. The van der Waals surface area contributed by atoms with Crippen LogP contribution < -0.4 is 5.32 Å². The van der Waals surface area contributed by atoms with Crippen molar-refractivity contribution in [1.29, 1.82) is 0 Å². The first-order chi connectivity index (χ1) is 9.72. The van der Waals surface area contributed by atoms with E-state index in [1.807, 2.05) is 35.8 Å². The molecule has 104 valence electrons. The van der Waals surface area contributed by atoms with Gasteiger partial charge in [0, 0.05) is 11.4 Å². The molecule has 4 heteroatoms. The summed E-state index contributed by atoms with van der Waals surface area (Å²) >= 11 is 0. The summed E-state index contributed by atoms with van der Waals surface area (Å²) in [6.07, 6.45) is 6.28. The van der Waals surface area contributed by atoms with Crippen molar-refractivity contribution in [2.75, 3.05) is 5.32 Å². The number of amides is 1. The number of anilines is 1. The first-order valence-corrected chi connectivity index (χ1v) is 7.12. The van der Waals surface area contributed by atoms with E-state index in [1.165, 1.54) is 24.2 Å². The molecule has 0 saturated heterocycles. The van der Waals surface area contributed by atoms with Gasteiger partial charge in [0.2, 0.25) is 5.91 Å². The van der Waals surface area contributed by atoms with Crippen molar-refractivity contribution in [3.8, 4) is 0 Å². The highest BCUT2D eigenvalue weighted by Gasteiger charge is 2.16. The number of carbonyl (C=O) groups is 1. The standard InChI is InChI=1S/C16H19N3O/c1-12-5-4-6-13(9-12)18-16(20)10-19-11-17-14-7-2-3-8-15(14)19/h4-6,9,11H,2-3,7-8,10H2,1H3,(H,18,20). The molecular weight excluding hydrogens is 250 g/mol. The molecule has 0 unspecified atom stereocenters. The van der Waals surface area contributed by atoms with Crippen molar-refractivity contribution in [2.45, 2.75) is 39.2 Å². The maximum Gasteiger partial charge on any atom is 0.244 e. The van der Waals surface area contributed by atoms with E-state index in [2.05, 4.69) is 10.3 Å². The number of benzene rings is 1. The topological polar surface area (TPSA) is 46.9 Å². The molecule has 2 aromatic rings. The SMILES string of the molecule is Cc1cccc(NC(=O)Cn2cnc3c2CCCC3)c1. The quantitative estimate of drug-likeness (QED) is 0.931. The second-order valence-corrected chi connectivity index (χ2v) is 5.39. The molecule has 0 radical (unpaired) electrons. The van der Waals surface area contributed by atoms with Gasteiger partial charge in [-0.25, -0.2) is 4.98 Å². The van der Waals surface area contributed by atoms with E-state index in [4.69, 9.17) is 0 Å². The summed E-state index contributed by atoms with van der Waals surface area (Å²) in [5, 5.41) is 2.94. The molecule has 1 aromatic carbocycles. The number of carbonyl (C=O) groups excluding carboxylic acids is 1. The zero-order chi connectivity index (χ0) is 13.9. The van der Waals surface area contributed by atoms with Crippen LogP contribution in [0.1, 0.15) is 29.8 Å². The molecule has 1 aliphatic rings. The van der Waals surface area contributed by atoms with E-state index >= 15 is 0 Å². The lowest BCUT2D eigenvalue weighted by molar-refractivity contribution is -0.116. The second-order valence-electron chi connectivity index (χ2n) is 5.39. The molecule has 0 bridgehead atoms. The lowest BCUT2D eigenvalue weighted by atomic mass is 10.0. The van der Waals surface area contributed by atoms with Gasteiger partial charge < -0.3 is 9.88 Å². The maximum atomic E-state index is 12.1. The van der Waals surface area contributed by atoms with E-state index in [-0.39, 0.29) is 5.91 Å². The summed E-state index contributed by atoms with van der Waals surface area (Å²) in [6.45, 7) is 2.36. The van der Waals surface area contributed by atoms with Gasteiger partial charge in [-0.05, 0) is 50.3 Å². The fourth-order valence-corrected chi connectivity index (χ4v) is 2.75. The lowest BCUT2D eigenvalue weighted by Gasteiger charge is -2.14. The van der Waals surface area contributed by atoms with Gasteiger partial charge in [0.15, 0.2) is 0 Å². The number of nitrogens with zero attached hydrogens (tertiary/aromatic N) is 2. The van der Waals surface area contributed by atoms with Crippen molar-refractivity contribution in [3.05, 3.63) is 47.5 Å². The third kappa shape index (κ3) is 2.74.